The van der Waals surface area contributed by atoms with Gasteiger partial charge in [-0.3, -0.25) is 5.32 Å². The molecule has 2 aromatic rings. The van der Waals surface area contributed by atoms with Crippen molar-refractivity contribution in [3.8, 4) is 0 Å². The van der Waals surface area contributed by atoms with Crippen LogP contribution in [0.4, 0.5) is 0 Å². The fraction of sp³-hybridized carbons (Fsp3) is 0.467. The van der Waals surface area contributed by atoms with Crippen LogP contribution in [0.5, 0.6) is 0 Å². The largest absolute Gasteiger partial charge is 0.459 e. The van der Waals surface area contributed by atoms with Gasteiger partial charge in [-0.25, -0.2) is 0 Å². The molecule has 0 aliphatic rings. The predicted octanol–water partition coefficient (Wildman–Crippen LogP) is 2.07. The summed E-state index contributed by atoms with van der Waals surface area (Å²) in [6.45, 7) is 3.97. The Kier molecular flexibility index (Phi) is 4.58. The van der Waals surface area contributed by atoms with E-state index in [9.17, 15) is 10.2 Å². The number of nitrogens with one attached hydrogen (secondary N) is 1. The molecule has 0 unspecified atom stereocenters. The fourth-order valence-corrected chi connectivity index (χ4v) is 2.18. The molecule has 1 aromatic heterocycles. The van der Waals surface area contributed by atoms with Gasteiger partial charge in [0.15, 0.2) is 0 Å². The maximum absolute atomic E-state index is 9.19. The number of para-hydroxylation sites is 1. The topological polar surface area (TPSA) is 65.6 Å². The molecule has 0 aliphatic carbocycles. The van der Waals surface area contributed by atoms with Gasteiger partial charge >= 0.3 is 0 Å². The zero-order valence-corrected chi connectivity index (χ0v) is 11.3. The lowest BCUT2D eigenvalue weighted by molar-refractivity contribution is 0.150. The van der Waals surface area contributed by atoms with Crippen LogP contribution in [0, 0.1) is 5.92 Å². The van der Waals surface area contributed by atoms with E-state index in [1.54, 1.807) is 0 Å². The van der Waals surface area contributed by atoms with Crippen molar-refractivity contribution in [2.24, 2.45) is 5.92 Å². The molecule has 1 aromatic carbocycles. The SMILES string of the molecule is CC(C)[C@@H](NC(CO)CO)c1cc2ccccc2o1. The third-order valence-corrected chi connectivity index (χ3v) is 3.27. The Morgan fingerprint density at radius 1 is 1.16 bits per heavy atom. The molecule has 19 heavy (non-hydrogen) atoms. The Morgan fingerprint density at radius 2 is 1.84 bits per heavy atom. The highest BCUT2D eigenvalue weighted by molar-refractivity contribution is 5.77. The predicted molar refractivity (Wildman–Crippen MR) is 74.9 cm³/mol. The van der Waals surface area contributed by atoms with Crippen molar-refractivity contribution < 1.29 is 14.6 Å². The quantitative estimate of drug-likeness (QED) is 0.746. The molecule has 3 N–H and O–H groups in total. The zero-order chi connectivity index (χ0) is 13.8. The minimum Gasteiger partial charge on any atom is -0.459 e. The van der Waals surface area contributed by atoms with Gasteiger partial charge in [-0.15, -0.1) is 0 Å². The number of hydrogen-bond acceptors (Lipinski definition) is 4. The molecular weight excluding hydrogens is 242 g/mol. The summed E-state index contributed by atoms with van der Waals surface area (Å²) in [5, 5.41) is 22.7. The Balaban J connectivity index is 2.27. The lowest BCUT2D eigenvalue weighted by Gasteiger charge is -2.24. The van der Waals surface area contributed by atoms with E-state index < -0.39 is 0 Å². The van der Waals surface area contributed by atoms with Crippen LogP contribution >= 0.6 is 0 Å². The summed E-state index contributed by atoms with van der Waals surface area (Å²) in [5.41, 5.74) is 0.856. The second-order valence-corrected chi connectivity index (χ2v) is 5.14. The molecule has 0 bridgehead atoms. The molecule has 104 valence electrons. The summed E-state index contributed by atoms with van der Waals surface area (Å²) in [6, 6.07) is 9.51. The first-order valence-corrected chi connectivity index (χ1v) is 6.62. The summed E-state index contributed by atoms with van der Waals surface area (Å²) in [6.07, 6.45) is 0. The van der Waals surface area contributed by atoms with Crippen molar-refractivity contribution in [3.05, 3.63) is 36.1 Å². The molecule has 0 spiro atoms. The minimum atomic E-state index is -0.333. The lowest BCUT2D eigenvalue weighted by atomic mass is 10.0. The minimum absolute atomic E-state index is 0.0308. The van der Waals surface area contributed by atoms with Crippen LogP contribution in [0.25, 0.3) is 11.0 Å². The first-order valence-electron chi connectivity index (χ1n) is 6.62. The molecule has 4 nitrogen and oxygen atoms in total. The molecule has 2 rings (SSSR count). The number of rotatable bonds is 6. The van der Waals surface area contributed by atoms with E-state index in [0.717, 1.165) is 16.7 Å². The number of aliphatic hydroxyl groups excluding tert-OH is 2. The highest BCUT2D eigenvalue weighted by Gasteiger charge is 2.22. The van der Waals surface area contributed by atoms with Crippen LogP contribution < -0.4 is 5.32 Å². The van der Waals surface area contributed by atoms with Crippen molar-refractivity contribution in [2.75, 3.05) is 13.2 Å². The van der Waals surface area contributed by atoms with E-state index >= 15 is 0 Å². The van der Waals surface area contributed by atoms with E-state index in [4.69, 9.17) is 4.42 Å². The monoisotopic (exact) mass is 263 g/mol. The Bertz CT molecular complexity index is 484. The van der Waals surface area contributed by atoms with E-state index in [0.29, 0.717) is 5.92 Å². The third kappa shape index (κ3) is 3.15. The van der Waals surface area contributed by atoms with Crippen molar-refractivity contribution in [2.45, 2.75) is 25.9 Å². The Morgan fingerprint density at radius 3 is 2.42 bits per heavy atom. The first-order chi connectivity index (χ1) is 9.15. The molecule has 0 fully saturated rings. The van der Waals surface area contributed by atoms with Crippen molar-refractivity contribution in [1.82, 2.24) is 5.32 Å². The molecule has 1 atom stereocenters. The molecular formula is C15H21NO3. The number of benzene rings is 1. The average Bonchev–Trinajstić information content (AvgIpc) is 2.83. The molecule has 0 saturated heterocycles. The van der Waals surface area contributed by atoms with Crippen molar-refractivity contribution >= 4 is 11.0 Å². The zero-order valence-electron chi connectivity index (χ0n) is 11.3. The van der Waals surface area contributed by atoms with Crippen LogP contribution in [-0.4, -0.2) is 29.5 Å². The van der Waals surface area contributed by atoms with Gasteiger partial charge in [-0.1, -0.05) is 32.0 Å². The van der Waals surface area contributed by atoms with E-state index in [2.05, 4.69) is 19.2 Å². The smallest absolute Gasteiger partial charge is 0.134 e. The van der Waals surface area contributed by atoms with Crippen LogP contribution in [0.15, 0.2) is 34.7 Å². The Hall–Kier alpha value is -1.36. The van der Waals surface area contributed by atoms with Gasteiger partial charge in [-0.2, -0.15) is 0 Å². The normalized spacial score (nSPS) is 13.6. The van der Waals surface area contributed by atoms with E-state index in [1.165, 1.54) is 0 Å². The molecule has 1 heterocycles. The summed E-state index contributed by atoms with van der Waals surface area (Å²) in [4.78, 5) is 0. The van der Waals surface area contributed by atoms with E-state index in [1.807, 2.05) is 30.3 Å². The maximum atomic E-state index is 9.19. The average molecular weight is 263 g/mol. The van der Waals surface area contributed by atoms with Crippen molar-refractivity contribution in [1.29, 1.82) is 0 Å². The molecule has 0 aliphatic heterocycles. The third-order valence-electron chi connectivity index (χ3n) is 3.27. The standard InChI is InChI=1S/C15H21NO3/c1-10(2)15(16-12(8-17)9-18)14-7-11-5-3-4-6-13(11)19-14/h3-7,10,12,15-18H,8-9H2,1-2H3/t15-/m1/s1. The first kappa shape index (κ1) is 14.1. The van der Waals surface area contributed by atoms with Gasteiger partial charge in [0, 0.05) is 5.39 Å². The summed E-state index contributed by atoms with van der Waals surface area (Å²) < 4.78 is 5.86. The molecule has 0 amide bonds. The fourth-order valence-electron chi connectivity index (χ4n) is 2.18. The van der Waals surface area contributed by atoms with Gasteiger partial charge in [0.05, 0.1) is 25.3 Å². The number of furan rings is 1. The van der Waals surface area contributed by atoms with Crippen LogP contribution in [0.3, 0.4) is 0 Å². The summed E-state index contributed by atoms with van der Waals surface area (Å²) in [5.74, 6) is 1.13. The Labute approximate surface area is 113 Å². The van der Waals surface area contributed by atoms with Crippen LogP contribution in [-0.2, 0) is 0 Å². The summed E-state index contributed by atoms with van der Waals surface area (Å²) in [7, 11) is 0. The highest BCUT2D eigenvalue weighted by Crippen LogP contribution is 2.28. The second-order valence-electron chi connectivity index (χ2n) is 5.14. The number of fused-ring (bicyclic) bond motifs is 1. The van der Waals surface area contributed by atoms with Gasteiger partial charge in [0.25, 0.3) is 0 Å². The summed E-state index contributed by atoms with van der Waals surface area (Å²) >= 11 is 0. The van der Waals surface area contributed by atoms with Gasteiger partial charge in [0.1, 0.15) is 11.3 Å². The molecule has 4 heteroatoms. The maximum Gasteiger partial charge on any atom is 0.134 e. The van der Waals surface area contributed by atoms with Crippen LogP contribution in [0.1, 0.15) is 25.6 Å². The lowest BCUT2D eigenvalue weighted by Crippen LogP contribution is -2.40. The molecule has 0 saturated carbocycles. The van der Waals surface area contributed by atoms with Crippen molar-refractivity contribution in [3.63, 3.8) is 0 Å². The van der Waals surface area contributed by atoms with Gasteiger partial charge < -0.3 is 14.6 Å². The van der Waals surface area contributed by atoms with Crippen LogP contribution in [0.2, 0.25) is 0 Å². The number of hydrogen-bond donors (Lipinski definition) is 3. The van der Waals surface area contributed by atoms with E-state index in [-0.39, 0.29) is 25.3 Å². The highest BCUT2D eigenvalue weighted by atomic mass is 16.3. The van der Waals surface area contributed by atoms with Gasteiger partial charge in [0.2, 0.25) is 0 Å². The number of aliphatic hydroxyl groups is 2. The van der Waals surface area contributed by atoms with Gasteiger partial charge in [-0.05, 0) is 18.1 Å². The second kappa shape index (κ2) is 6.19. The molecule has 0 radical (unpaired) electrons.